The topological polar surface area (TPSA) is 77.7 Å². The van der Waals surface area contributed by atoms with Gasteiger partial charge in [-0.1, -0.05) is 6.07 Å². The quantitative estimate of drug-likeness (QED) is 0.667. The first kappa shape index (κ1) is 18.7. The van der Waals surface area contributed by atoms with Crippen LogP contribution in [0.15, 0.2) is 60.8 Å². The molecule has 0 bridgehead atoms. The summed E-state index contributed by atoms with van der Waals surface area (Å²) in [6.45, 7) is 1.87. The summed E-state index contributed by atoms with van der Waals surface area (Å²) in [4.78, 5) is 18.4. The summed E-state index contributed by atoms with van der Waals surface area (Å²) >= 11 is 0. The molecule has 1 aromatic heterocycles. The Hall–Kier alpha value is -3.61. The van der Waals surface area contributed by atoms with Gasteiger partial charge in [0, 0.05) is 19.2 Å². The molecule has 7 heteroatoms. The summed E-state index contributed by atoms with van der Waals surface area (Å²) < 4.78 is 24.6. The van der Waals surface area contributed by atoms with Gasteiger partial charge in [0.05, 0.1) is 11.9 Å². The number of carbonyl (C=O) groups is 1. The standard InChI is InChI=1S/C22H20FN3O3/c23-15-4-3-5-19(12-15)28-17-6-8-18(9-7-17)29-22-20(21(24)27)13-16(14-25-22)26-10-1-2-11-26/h3-9,12-14H,1-2,10-11H2,(H2,24,27). The molecule has 1 saturated heterocycles. The molecular weight excluding hydrogens is 373 g/mol. The number of hydrogen-bond donors (Lipinski definition) is 1. The molecule has 0 spiro atoms. The molecule has 2 heterocycles. The Morgan fingerprint density at radius 1 is 0.966 bits per heavy atom. The van der Waals surface area contributed by atoms with Crippen LogP contribution in [-0.4, -0.2) is 24.0 Å². The fourth-order valence-electron chi connectivity index (χ4n) is 3.20. The first-order chi connectivity index (χ1) is 14.1. The van der Waals surface area contributed by atoms with Gasteiger partial charge in [-0.15, -0.1) is 0 Å². The van der Waals surface area contributed by atoms with Crippen molar-refractivity contribution in [3.05, 3.63) is 72.2 Å². The van der Waals surface area contributed by atoms with Gasteiger partial charge in [0.15, 0.2) is 0 Å². The van der Waals surface area contributed by atoms with Gasteiger partial charge in [-0.05, 0) is 55.3 Å². The number of benzene rings is 2. The molecule has 0 unspecified atom stereocenters. The first-order valence-electron chi connectivity index (χ1n) is 9.34. The second-order valence-corrected chi connectivity index (χ2v) is 6.74. The molecule has 148 valence electrons. The third-order valence-corrected chi connectivity index (χ3v) is 4.64. The zero-order valence-electron chi connectivity index (χ0n) is 15.7. The predicted molar refractivity (Wildman–Crippen MR) is 107 cm³/mol. The summed E-state index contributed by atoms with van der Waals surface area (Å²) in [6.07, 6.45) is 3.93. The van der Waals surface area contributed by atoms with Gasteiger partial charge < -0.3 is 20.1 Å². The molecule has 4 rings (SSSR count). The number of amides is 1. The average Bonchev–Trinajstić information content (AvgIpc) is 3.24. The largest absolute Gasteiger partial charge is 0.457 e. The summed E-state index contributed by atoms with van der Waals surface area (Å²) in [7, 11) is 0. The van der Waals surface area contributed by atoms with Crippen LogP contribution in [0.25, 0.3) is 0 Å². The molecule has 0 aliphatic carbocycles. The number of anilines is 1. The van der Waals surface area contributed by atoms with E-state index in [4.69, 9.17) is 15.2 Å². The second-order valence-electron chi connectivity index (χ2n) is 6.74. The van der Waals surface area contributed by atoms with Crippen molar-refractivity contribution >= 4 is 11.6 Å². The van der Waals surface area contributed by atoms with Crippen molar-refractivity contribution in [2.45, 2.75) is 12.8 Å². The lowest BCUT2D eigenvalue weighted by molar-refractivity contribution is 0.0997. The van der Waals surface area contributed by atoms with Gasteiger partial charge >= 0.3 is 0 Å². The Morgan fingerprint density at radius 3 is 2.31 bits per heavy atom. The Labute approximate surface area is 167 Å². The molecule has 3 aromatic rings. The molecule has 0 radical (unpaired) electrons. The lowest BCUT2D eigenvalue weighted by Gasteiger charge is -2.18. The molecule has 1 fully saturated rings. The van der Waals surface area contributed by atoms with Crippen LogP contribution >= 0.6 is 0 Å². The molecule has 0 saturated carbocycles. The highest BCUT2D eigenvalue weighted by atomic mass is 19.1. The van der Waals surface area contributed by atoms with Crippen LogP contribution in [0.1, 0.15) is 23.2 Å². The number of rotatable bonds is 6. The molecule has 2 N–H and O–H groups in total. The van der Waals surface area contributed by atoms with Crippen molar-refractivity contribution in [2.75, 3.05) is 18.0 Å². The van der Waals surface area contributed by atoms with Gasteiger partial charge in [-0.25, -0.2) is 9.37 Å². The third-order valence-electron chi connectivity index (χ3n) is 4.64. The lowest BCUT2D eigenvalue weighted by atomic mass is 10.2. The van der Waals surface area contributed by atoms with Gasteiger partial charge in [-0.3, -0.25) is 4.79 Å². The highest BCUT2D eigenvalue weighted by Crippen LogP contribution is 2.30. The van der Waals surface area contributed by atoms with Crippen LogP contribution in [0.5, 0.6) is 23.1 Å². The van der Waals surface area contributed by atoms with Crippen molar-refractivity contribution in [3.63, 3.8) is 0 Å². The van der Waals surface area contributed by atoms with Gasteiger partial charge in [0.25, 0.3) is 5.91 Å². The predicted octanol–water partition coefficient (Wildman–Crippen LogP) is 4.50. The van der Waals surface area contributed by atoms with Crippen molar-refractivity contribution in [2.24, 2.45) is 5.73 Å². The van der Waals surface area contributed by atoms with Crippen molar-refractivity contribution < 1.29 is 18.7 Å². The number of hydrogen-bond acceptors (Lipinski definition) is 5. The fourth-order valence-corrected chi connectivity index (χ4v) is 3.20. The number of nitrogens with two attached hydrogens (primary N) is 1. The SMILES string of the molecule is NC(=O)c1cc(N2CCCC2)cnc1Oc1ccc(Oc2cccc(F)c2)cc1. The van der Waals surface area contributed by atoms with E-state index in [1.165, 1.54) is 12.1 Å². The minimum Gasteiger partial charge on any atom is -0.457 e. The van der Waals surface area contributed by atoms with E-state index in [-0.39, 0.29) is 17.3 Å². The maximum Gasteiger partial charge on any atom is 0.254 e. The summed E-state index contributed by atoms with van der Waals surface area (Å²) in [5.74, 6) is 0.577. The van der Waals surface area contributed by atoms with E-state index in [1.54, 1.807) is 48.7 Å². The number of nitrogens with zero attached hydrogens (tertiary/aromatic N) is 2. The molecular formula is C22H20FN3O3. The summed E-state index contributed by atoms with van der Waals surface area (Å²) in [6, 6.07) is 14.3. The van der Waals surface area contributed by atoms with Crippen LogP contribution in [-0.2, 0) is 0 Å². The molecule has 2 aromatic carbocycles. The molecule has 1 aliphatic rings. The van der Waals surface area contributed by atoms with Crippen LogP contribution < -0.4 is 20.1 Å². The highest BCUT2D eigenvalue weighted by molar-refractivity contribution is 5.96. The Bertz CT molecular complexity index is 1020. The van der Waals surface area contributed by atoms with E-state index in [2.05, 4.69) is 9.88 Å². The minimum absolute atomic E-state index is 0.152. The van der Waals surface area contributed by atoms with E-state index in [0.29, 0.717) is 17.2 Å². The van der Waals surface area contributed by atoms with Gasteiger partial charge in [0.2, 0.25) is 5.88 Å². The summed E-state index contributed by atoms with van der Waals surface area (Å²) in [5.41, 5.74) is 6.62. The first-order valence-corrected chi connectivity index (χ1v) is 9.34. The number of pyridine rings is 1. The number of primary amides is 1. The fraction of sp³-hybridized carbons (Fsp3) is 0.182. The van der Waals surface area contributed by atoms with Crippen LogP contribution in [0.2, 0.25) is 0 Å². The molecule has 29 heavy (non-hydrogen) atoms. The number of halogens is 1. The minimum atomic E-state index is -0.598. The van der Waals surface area contributed by atoms with E-state index >= 15 is 0 Å². The van der Waals surface area contributed by atoms with E-state index in [9.17, 15) is 9.18 Å². The van der Waals surface area contributed by atoms with E-state index < -0.39 is 5.91 Å². The van der Waals surface area contributed by atoms with Gasteiger partial charge in [0.1, 0.15) is 28.6 Å². The molecule has 6 nitrogen and oxygen atoms in total. The molecule has 0 atom stereocenters. The Kier molecular flexibility index (Phi) is 5.29. The van der Waals surface area contributed by atoms with Crippen molar-refractivity contribution in [3.8, 4) is 23.1 Å². The summed E-state index contributed by atoms with van der Waals surface area (Å²) in [5, 5.41) is 0. The normalized spacial score (nSPS) is 13.3. The van der Waals surface area contributed by atoms with Crippen LogP contribution in [0.4, 0.5) is 10.1 Å². The van der Waals surface area contributed by atoms with Crippen LogP contribution in [0, 0.1) is 5.82 Å². The monoisotopic (exact) mass is 393 g/mol. The lowest BCUT2D eigenvalue weighted by Crippen LogP contribution is -2.20. The average molecular weight is 393 g/mol. The molecule has 1 aliphatic heterocycles. The van der Waals surface area contributed by atoms with Crippen molar-refractivity contribution in [1.82, 2.24) is 4.98 Å². The van der Waals surface area contributed by atoms with Crippen LogP contribution in [0.3, 0.4) is 0 Å². The maximum absolute atomic E-state index is 13.3. The Morgan fingerprint density at radius 2 is 1.66 bits per heavy atom. The zero-order valence-corrected chi connectivity index (χ0v) is 15.7. The number of ether oxygens (including phenoxy) is 2. The van der Waals surface area contributed by atoms with E-state index in [1.807, 2.05) is 0 Å². The smallest absolute Gasteiger partial charge is 0.254 e. The third kappa shape index (κ3) is 4.45. The van der Waals surface area contributed by atoms with Crippen molar-refractivity contribution in [1.29, 1.82) is 0 Å². The zero-order chi connectivity index (χ0) is 20.2. The Balaban J connectivity index is 1.50. The highest BCUT2D eigenvalue weighted by Gasteiger charge is 2.18. The molecule has 1 amide bonds. The number of aromatic nitrogens is 1. The van der Waals surface area contributed by atoms with E-state index in [0.717, 1.165) is 31.6 Å². The van der Waals surface area contributed by atoms with Gasteiger partial charge in [-0.2, -0.15) is 0 Å². The maximum atomic E-state index is 13.3. The number of carbonyl (C=O) groups excluding carboxylic acids is 1. The second kappa shape index (κ2) is 8.18.